The molecule has 1 aliphatic carbocycles. The van der Waals surface area contributed by atoms with E-state index in [4.69, 9.17) is 0 Å². The van der Waals surface area contributed by atoms with Gasteiger partial charge in [-0.2, -0.15) is 0 Å². The summed E-state index contributed by atoms with van der Waals surface area (Å²) in [5.41, 5.74) is -0.659. The average molecular weight is 227 g/mol. The maximum atomic E-state index is 11.5. The quantitative estimate of drug-likeness (QED) is 0.693. The predicted octanol–water partition coefficient (Wildman–Crippen LogP) is 2.75. The third-order valence-corrected chi connectivity index (χ3v) is 3.56. The van der Waals surface area contributed by atoms with Crippen molar-refractivity contribution in [3.05, 3.63) is 0 Å². The zero-order valence-electron chi connectivity index (χ0n) is 10.8. The third-order valence-electron chi connectivity index (χ3n) is 3.56. The normalized spacial score (nSPS) is 19.8. The monoisotopic (exact) mass is 227 g/mol. The molecule has 1 rings (SSSR count). The largest absolute Gasteiger partial charge is 0.480 e. The van der Waals surface area contributed by atoms with Crippen LogP contribution in [0.5, 0.6) is 0 Å². The van der Waals surface area contributed by atoms with E-state index >= 15 is 0 Å². The van der Waals surface area contributed by atoms with E-state index in [1.54, 1.807) is 0 Å². The van der Waals surface area contributed by atoms with Crippen LogP contribution in [0.1, 0.15) is 52.9 Å². The minimum absolute atomic E-state index is 0.659. The van der Waals surface area contributed by atoms with Crippen LogP contribution in [-0.4, -0.2) is 34.6 Å². The summed E-state index contributed by atoms with van der Waals surface area (Å²) in [6, 6.07) is 0. The molecule has 0 amide bonds. The topological polar surface area (TPSA) is 40.5 Å². The number of hydrogen-bond acceptors (Lipinski definition) is 2. The predicted molar refractivity (Wildman–Crippen MR) is 65.5 cm³/mol. The van der Waals surface area contributed by atoms with Gasteiger partial charge in [-0.15, -0.1) is 0 Å². The van der Waals surface area contributed by atoms with E-state index in [-0.39, 0.29) is 0 Å². The molecule has 3 heteroatoms. The van der Waals surface area contributed by atoms with E-state index in [0.717, 1.165) is 38.3 Å². The van der Waals surface area contributed by atoms with Crippen LogP contribution >= 0.6 is 0 Å². The van der Waals surface area contributed by atoms with Crippen molar-refractivity contribution < 1.29 is 9.90 Å². The molecular formula is C13H25NO2. The molecular weight excluding hydrogens is 202 g/mol. The highest BCUT2D eigenvalue weighted by Crippen LogP contribution is 2.33. The fourth-order valence-electron chi connectivity index (χ4n) is 2.31. The lowest BCUT2D eigenvalue weighted by atomic mass is 9.93. The first-order chi connectivity index (χ1) is 7.54. The van der Waals surface area contributed by atoms with Gasteiger partial charge in [0, 0.05) is 6.54 Å². The fraction of sp³-hybridized carbons (Fsp3) is 0.923. The lowest BCUT2D eigenvalue weighted by Crippen LogP contribution is -2.53. The standard InChI is InChI=1S/C13H25NO2/c1-4-8-13(3,12(15)16)14(9-5-2)10-11-6-7-11/h11H,4-10H2,1-3H3,(H,15,16). The molecule has 0 spiro atoms. The molecule has 94 valence electrons. The van der Waals surface area contributed by atoms with Gasteiger partial charge in [0.05, 0.1) is 0 Å². The van der Waals surface area contributed by atoms with Crippen LogP contribution in [0.15, 0.2) is 0 Å². The Labute approximate surface area is 98.8 Å². The van der Waals surface area contributed by atoms with Crippen molar-refractivity contribution in [2.75, 3.05) is 13.1 Å². The zero-order chi connectivity index (χ0) is 12.2. The Hall–Kier alpha value is -0.570. The molecule has 1 aliphatic rings. The van der Waals surface area contributed by atoms with Gasteiger partial charge in [0.1, 0.15) is 5.54 Å². The summed E-state index contributed by atoms with van der Waals surface area (Å²) >= 11 is 0. The van der Waals surface area contributed by atoms with Gasteiger partial charge in [-0.05, 0) is 45.1 Å². The first kappa shape index (κ1) is 13.5. The highest BCUT2D eigenvalue weighted by atomic mass is 16.4. The highest BCUT2D eigenvalue weighted by molar-refractivity contribution is 5.78. The molecule has 0 saturated heterocycles. The van der Waals surface area contributed by atoms with E-state index in [0.29, 0.717) is 0 Å². The summed E-state index contributed by atoms with van der Waals surface area (Å²) in [6.45, 7) is 7.93. The van der Waals surface area contributed by atoms with E-state index < -0.39 is 11.5 Å². The highest BCUT2D eigenvalue weighted by Gasteiger charge is 2.40. The Kier molecular flexibility index (Phi) is 4.78. The van der Waals surface area contributed by atoms with Crippen molar-refractivity contribution in [2.24, 2.45) is 5.92 Å². The van der Waals surface area contributed by atoms with Crippen LogP contribution in [0.3, 0.4) is 0 Å². The van der Waals surface area contributed by atoms with Gasteiger partial charge in [0.2, 0.25) is 0 Å². The van der Waals surface area contributed by atoms with E-state index in [1.165, 1.54) is 12.8 Å². The molecule has 1 atom stereocenters. The molecule has 3 nitrogen and oxygen atoms in total. The van der Waals surface area contributed by atoms with Gasteiger partial charge in [-0.3, -0.25) is 9.69 Å². The molecule has 16 heavy (non-hydrogen) atoms. The average Bonchev–Trinajstić information content (AvgIpc) is 3.01. The van der Waals surface area contributed by atoms with Crippen molar-refractivity contribution >= 4 is 5.97 Å². The minimum Gasteiger partial charge on any atom is -0.480 e. The van der Waals surface area contributed by atoms with Crippen LogP contribution in [0.2, 0.25) is 0 Å². The number of carboxylic acids is 1. The van der Waals surface area contributed by atoms with Crippen molar-refractivity contribution in [1.29, 1.82) is 0 Å². The van der Waals surface area contributed by atoms with Gasteiger partial charge in [-0.1, -0.05) is 20.3 Å². The van der Waals surface area contributed by atoms with E-state index in [1.807, 2.05) is 6.92 Å². The van der Waals surface area contributed by atoms with Gasteiger partial charge >= 0.3 is 5.97 Å². The molecule has 0 aromatic carbocycles. The molecule has 0 aromatic rings. The molecule has 0 bridgehead atoms. The summed E-state index contributed by atoms with van der Waals surface area (Å²) in [6.07, 6.45) is 5.26. The SMILES string of the molecule is CCCN(CC1CC1)C(C)(CCC)C(=O)O. The maximum absolute atomic E-state index is 11.5. The molecule has 0 heterocycles. The summed E-state index contributed by atoms with van der Waals surface area (Å²) in [5.74, 6) is 0.0885. The second-order valence-electron chi connectivity index (χ2n) is 5.22. The number of nitrogens with zero attached hydrogens (tertiary/aromatic N) is 1. The molecule has 1 saturated carbocycles. The van der Waals surface area contributed by atoms with Crippen molar-refractivity contribution in [1.82, 2.24) is 4.90 Å². The Bertz CT molecular complexity index is 238. The van der Waals surface area contributed by atoms with Crippen molar-refractivity contribution in [3.8, 4) is 0 Å². The Morgan fingerprint density at radius 3 is 2.38 bits per heavy atom. The van der Waals surface area contributed by atoms with Crippen LogP contribution in [-0.2, 0) is 4.79 Å². The molecule has 1 N–H and O–H groups in total. The summed E-state index contributed by atoms with van der Waals surface area (Å²) in [7, 11) is 0. The van der Waals surface area contributed by atoms with Gasteiger partial charge in [0.15, 0.2) is 0 Å². The lowest BCUT2D eigenvalue weighted by Gasteiger charge is -2.38. The first-order valence-electron chi connectivity index (χ1n) is 6.53. The molecule has 1 unspecified atom stereocenters. The van der Waals surface area contributed by atoms with Gasteiger partial charge in [-0.25, -0.2) is 0 Å². The van der Waals surface area contributed by atoms with E-state index in [9.17, 15) is 9.90 Å². The van der Waals surface area contributed by atoms with Crippen molar-refractivity contribution in [3.63, 3.8) is 0 Å². The Balaban J connectivity index is 2.71. The third kappa shape index (κ3) is 3.21. The fourth-order valence-corrected chi connectivity index (χ4v) is 2.31. The number of hydrogen-bond donors (Lipinski definition) is 1. The zero-order valence-corrected chi connectivity index (χ0v) is 10.8. The van der Waals surface area contributed by atoms with Crippen LogP contribution in [0, 0.1) is 5.92 Å². The molecule has 0 aromatic heterocycles. The van der Waals surface area contributed by atoms with Gasteiger partial charge in [0.25, 0.3) is 0 Å². The summed E-state index contributed by atoms with van der Waals surface area (Å²) < 4.78 is 0. The van der Waals surface area contributed by atoms with Crippen LogP contribution in [0.4, 0.5) is 0 Å². The Morgan fingerprint density at radius 2 is 2.00 bits per heavy atom. The number of carboxylic acid groups (broad SMARTS) is 1. The van der Waals surface area contributed by atoms with Crippen molar-refractivity contribution in [2.45, 2.75) is 58.4 Å². The maximum Gasteiger partial charge on any atom is 0.323 e. The minimum atomic E-state index is -0.663. The number of aliphatic carboxylic acids is 1. The molecule has 0 aliphatic heterocycles. The second-order valence-corrected chi connectivity index (χ2v) is 5.22. The van der Waals surface area contributed by atoms with Crippen LogP contribution in [0.25, 0.3) is 0 Å². The number of carbonyl (C=O) groups is 1. The van der Waals surface area contributed by atoms with Gasteiger partial charge < -0.3 is 5.11 Å². The lowest BCUT2D eigenvalue weighted by molar-refractivity contribution is -0.151. The Morgan fingerprint density at radius 1 is 1.38 bits per heavy atom. The molecule has 0 radical (unpaired) electrons. The smallest absolute Gasteiger partial charge is 0.323 e. The summed E-state index contributed by atoms with van der Waals surface area (Å²) in [4.78, 5) is 13.7. The van der Waals surface area contributed by atoms with E-state index in [2.05, 4.69) is 18.7 Å². The first-order valence-corrected chi connectivity index (χ1v) is 6.53. The molecule has 1 fully saturated rings. The van der Waals surface area contributed by atoms with Crippen LogP contribution < -0.4 is 0 Å². The second kappa shape index (κ2) is 5.67. The summed E-state index contributed by atoms with van der Waals surface area (Å²) in [5, 5.41) is 9.45. The number of rotatable bonds is 8.